The van der Waals surface area contributed by atoms with E-state index in [-0.39, 0.29) is 17.8 Å². The van der Waals surface area contributed by atoms with Gasteiger partial charge in [0.2, 0.25) is 0 Å². The van der Waals surface area contributed by atoms with Crippen molar-refractivity contribution in [1.29, 1.82) is 0 Å². The molecule has 0 spiro atoms. The lowest BCUT2D eigenvalue weighted by molar-refractivity contribution is -0.0488. The van der Waals surface area contributed by atoms with E-state index in [1.807, 2.05) is 0 Å². The predicted molar refractivity (Wildman–Crippen MR) is 136 cm³/mol. The minimum atomic E-state index is -0.521. The van der Waals surface area contributed by atoms with Crippen molar-refractivity contribution in [2.24, 2.45) is 29.2 Å². The number of nitrogens with two attached hydrogens (primary N) is 2. The van der Waals surface area contributed by atoms with Crippen LogP contribution in [0.15, 0.2) is 0 Å². The summed E-state index contributed by atoms with van der Waals surface area (Å²) in [5.41, 5.74) is 11.1. The molecule has 9 N–H and O–H groups in total. The summed E-state index contributed by atoms with van der Waals surface area (Å²) in [4.78, 5) is 0. The van der Waals surface area contributed by atoms with Crippen LogP contribution in [-0.2, 0) is 0 Å². The molecule has 0 bridgehead atoms. The highest BCUT2D eigenvalue weighted by molar-refractivity contribution is 4.87. The van der Waals surface area contributed by atoms with Crippen LogP contribution < -0.4 is 16.8 Å². The molecule has 0 heterocycles. The second-order valence-corrected chi connectivity index (χ2v) is 10.4. The Bertz CT molecular complexity index is 443. The van der Waals surface area contributed by atoms with E-state index in [1.54, 1.807) is 6.92 Å². The van der Waals surface area contributed by atoms with E-state index in [4.69, 9.17) is 11.5 Å². The molecule has 0 aromatic rings. The molecule has 33 heavy (non-hydrogen) atoms. The van der Waals surface area contributed by atoms with Gasteiger partial charge in [0.05, 0.1) is 24.4 Å². The molecule has 0 radical (unpaired) electrons. The summed E-state index contributed by atoms with van der Waals surface area (Å²) in [6.07, 6.45) is 11.7. The van der Waals surface area contributed by atoms with Gasteiger partial charge in [-0.05, 0) is 84.0 Å². The maximum atomic E-state index is 10.6. The third-order valence-corrected chi connectivity index (χ3v) is 7.54. The SMILES string of the molecule is CC(O)[C@@H](CCCCCCCN)C(O)CCNC[C@@H]1CC(O)[C@H](CCCCCCN)[C@H](O)C1. The zero-order valence-corrected chi connectivity index (χ0v) is 21.2. The highest BCUT2D eigenvalue weighted by atomic mass is 16.3. The standard InChI is InChI=1S/C26H55N3O4/c1-20(30)22(11-7-3-2-5-9-14-27)24(31)13-16-29-19-21-17-25(32)23(26(33)18-21)12-8-4-6-10-15-28/h20-26,29-33H,2-19,27-28H2,1H3/t20?,21-,22-,23+,24?,25?,26-/m1/s1. The number of unbranched alkanes of at least 4 members (excludes halogenated alkanes) is 7. The first-order valence-corrected chi connectivity index (χ1v) is 13.7. The van der Waals surface area contributed by atoms with Crippen LogP contribution in [0.5, 0.6) is 0 Å². The van der Waals surface area contributed by atoms with Crippen molar-refractivity contribution < 1.29 is 20.4 Å². The Morgan fingerprint density at radius 1 is 0.788 bits per heavy atom. The van der Waals surface area contributed by atoms with Gasteiger partial charge in [0.15, 0.2) is 0 Å². The molecule has 0 aromatic heterocycles. The van der Waals surface area contributed by atoms with Crippen LogP contribution in [0.2, 0.25) is 0 Å². The molecule has 0 saturated heterocycles. The second-order valence-electron chi connectivity index (χ2n) is 10.4. The Morgan fingerprint density at radius 3 is 1.91 bits per heavy atom. The third kappa shape index (κ3) is 13.4. The van der Waals surface area contributed by atoms with Crippen molar-refractivity contribution >= 4 is 0 Å². The van der Waals surface area contributed by atoms with Gasteiger partial charge in [0.25, 0.3) is 0 Å². The highest BCUT2D eigenvalue weighted by Crippen LogP contribution is 2.32. The zero-order chi connectivity index (χ0) is 24.5. The molecular formula is C26H55N3O4. The molecule has 1 saturated carbocycles. The van der Waals surface area contributed by atoms with E-state index < -0.39 is 24.4 Å². The molecule has 198 valence electrons. The number of aliphatic hydroxyl groups is 4. The summed E-state index contributed by atoms with van der Waals surface area (Å²) in [5, 5.41) is 45.2. The summed E-state index contributed by atoms with van der Waals surface area (Å²) < 4.78 is 0. The second kappa shape index (κ2) is 19.0. The lowest BCUT2D eigenvalue weighted by Gasteiger charge is -2.37. The summed E-state index contributed by atoms with van der Waals surface area (Å²) in [6, 6.07) is 0. The maximum absolute atomic E-state index is 10.6. The Kier molecular flexibility index (Phi) is 17.7. The third-order valence-electron chi connectivity index (χ3n) is 7.54. The van der Waals surface area contributed by atoms with Crippen LogP contribution in [0.1, 0.15) is 96.8 Å². The van der Waals surface area contributed by atoms with E-state index in [0.717, 1.165) is 103 Å². The summed E-state index contributed by atoms with van der Waals surface area (Å²) in [7, 11) is 0. The summed E-state index contributed by atoms with van der Waals surface area (Å²) in [6.45, 7) is 4.67. The van der Waals surface area contributed by atoms with Gasteiger partial charge in [0.1, 0.15) is 0 Å². The van der Waals surface area contributed by atoms with Crippen LogP contribution >= 0.6 is 0 Å². The number of aliphatic hydroxyl groups excluding tert-OH is 4. The summed E-state index contributed by atoms with van der Waals surface area (Å²) >= 11 is 0. The number of hydrogen-bond acceptors (Lipinski definition) is 7. The van der Waals surface area contributed by atoms with Crippen molar-refractivity contribution in [2.45, 2.75) is 121 Å². The van der Waals surface area contributed by atoms with Gasteiger partial charge in [-0.25, -0.2) is 0 Å². The Labute approximate surface area is 202 Å². The van der Waals surface area contributed by atoms with Crippen molar-refractivity contribution in [3.63, 3.8) is 0 Å². The lowest BCUT2D eigenvalue weighted by Crippen LogP contribution is -2.43. The van der Waals surface area contributed by atoms with Gasteiger partial charge in [-0.1, -0.05) is 44.9 Å². The fourth-order valence-corrected chi connectivity index (χ4v) is 5.39. The molecule has 1 fully saturated rings. The average molecular weight is 474 g/mol. The van der Waals surface area contributed by atoms with Crippen LogP contribution in [0.4, 0.5) is 0 Å². The fourth-order valence-electron chi connectivity index (χ4n) is 5.39. The van der Waals surface area contributed by atoms with E-state index in [2.05, 4.69) is 5.32 Å². The van der Waals surface area contributed by atoms with E-state index in [0.29, 0.717) is 13.0 Å². The molecule has 1 rings (SSSR count). The van der Waals surface area contributed by atoms with Crippen LogP contribution in [-0.4, -0.2) is 71.0 Å². The fraction of sp³-hybridized carbons (Fsp3) is 1.00. The molecule has 7 atom stereocenters. The molecule has 3 unspecified atom stereocenters. The Morgan fingerprint density at radius 2 is 1.33 bits per heavy atom. The van der Waals surface area contributed by atoms with Gasteiger partial charge in [0, 0.05) is 11.8 Å². The minimum Gasteiger partial charge on any atom is -0.393 e. The molecule has 7 heteroatoms. The molecule has 1 aliphatic rings. The molecule has 0 aliphatic heterocycles. The van der Waals surface area contributed by atoms with Crippen LogP contribution in [0.25, 0.3) is 0 Å². The van der Waals surface area contributed by atoms with Gasteiger partial charge in [-0.15, -0.1) is 0 Å². The normalized spacial score (nSPS) is 26.3. The van der Waals surface area contributed by atoms with Gasteiger partial charge in [-0.2, -0.15) is 0 Å². The van der Waals surface area contributed by atoms with Crippen molar-refractivity contribution in [1.82, 2.24) is 5.32 Å². The number of hydrogen-bond donors (Lipinski definition) is 7. The van der Waals surface area contributed by atoms with Gasteiger partial charge >= 0.3 is 0 Å². The minimum absolute atomic E-state index is 0.0111. The first-order valence-electron chi connectivity index (χ1n) is 13.7. The van der Waals surface area contributed by atoms with E-state index in [1.165, 1.54) is 0 Å². The molecular weight excluding hydrogens is 418 g/mol. The topological polar surface area (TPSA) is 145 Å². The van der Waals surface area contributed by atoms with E-state index in [9.17, 15) is 20.4 Å². The summed E-state index contributed by atoms with van der Waals surface area (Å²) in [5.74, 6) is 0.148. The largest absolute Gasteiger partial charge is 0.393 e. The van der Waals surface area contributed by atoms with Crippen molar-refractivity contribution in [3.05, 3.63) is 0 Å². The Hall–Kier alpha value is -0.280. The first kappa shape index (κ1) is 30.8. The predicted octanol–water partition coefficient (Wildman–Crippen LogP) is 2.28. The monoisotopic (exact) mass is 473 g/mol. The number of rotatable bonds is 20. The van der Waals surface area contributed by atoms with Crippen LogP contribution in [0.3, 0.4) is 0 Å². The van der Waals surface area contributed by atoms with E-state index >= 15 is 0 Å². The Balaban J connectivity index is 2.23. The lowest BCUT2D eigenvalue weighted by atomic mass is 9.75. The molecule has 1 aliphatic carbocycles. The molecule has 0 aromatic carbocycles. The first-order chi connectivity index (χ1) is 15.9. The van der Waals surface area contributed by atoms with Gasteiger partial charge in [-0.3, -0.25) is 0 Å². The van der Waals surface area contributed by atoms with Crippen molar-refractivity contribution in [2.75, 3.05) is 26.2 Å². The molecule has 0 amide bonds. The maximum Gasteiger partial charge on any atom is 0.0605 e. The molecule has 7 nitrogen and oxygen atoms in total. The van der Waals surface area contributed by atoms with Crippen LogP contribution in [0, 0.1) is 17.8 Å². The average Bonchev–Trinajstić information content (AvgIpc) is 2.77. The smallest absolute Gasteiger partial charge is 0.0605 e. The quantitative estimate of drug-likeness (QED) is 0.134. The van der Waals surface area contributed by atoms with Crippen molar-refractivity contribution in [3.8, 4) is 0 Å². The zero-order valence-electron chi connectivity index (χ0n) is 21.2. The number of nitrogens with one attached hydrogen (secondary N) is 1. The highest BCUT2D eigenvalue weighted by Gasteiger charge is 2.35. The van der Waals surface area contributed by atoms with Gasteiger partial charge < -0.3 is 37.2 Å².